The van der Waals surface area contributed by atoms with Crippen LogP contribution in [0.3, 0.4) is 0 Å². The largest absolute Gasteiger partial charge is 0.495 e. The number of carbonyl (C=O) groups is 1. The molecule has 1 amide bonds. The van der Waals surface area contributed by atoms with Crippen LogP contribution in [-0.4, -0.2) is 18.0 Å². The van der Waals surface area contributed by atoms with Gasteiger partial charge in [0.2, 0.25) is 0 Å². The number of rotatable bonds is 4. The fraction of sp³-hybridized carbons (Fsp3) is 0.0667. The third kappa shape index (κ3) is 3.92. The topological polar surface area (TPSA) is 64.3 Å². The molecule has 0 radical (unpaired) electrons. The van der Waals surface area contributed by atoms with Gasteiger partial charge in [0.05, 0.1) is 12.8 Å². The Morgan fingerprint density at radius 1 is 1.24 bits per heavy atom. The second-order valence-corrected chi connectivity index (χ2v) is 5.93. The standard InChI is InChI=1S/C15H13IN2O2S/c1-20-13-8-9(14(17)21)5-6-12(13)18-15(19)10-3-2-4-11(16)7-10/h2-8H,1H3,(H2,17,21)(H,18,19). The molecule has 0 aliphatic carbocycles. The highest BCUT2D eigenvalue weighted by molar-refractivity contribution is 14.1. The fourth-order valence-electron chi connectivity index (χ4n) is 1.77. The summed E-state index contributed by atoms with van der Waals surface area (Å²) in [7, 11) is 1.53. The van der Waals surface area contributed by atoms with Gasteiger partial charge in [-0.15, -0.1) is 0 Å². The number of nitrogens with one attached hydrogen (secondary N) is 1. The molecule has 0 bridgehead atoms. The molecule has 2 aromatic carbocycles. The molecule has 0 spiro atoms. The minimum atomic E-state index is -0.199. The highest BCUT2D eigenvalue weighted by Gasteiger charge is 2.11. The van der Waals surface area contributed by atoms with Crippen LogP contribution in [0.15, 0.2) is 42.5 Å². The lowest BCUT2D eigenvalue weighted by Gasteiger charge is -2.11. The summed E-state index contributed by atoms with van der Waals surface area (Å²) >= 11 is 7.09. The van der Waals surface area contributed by atoms with Crippen molar-refractivity contribution in [2.24, 2.45) is 5.73 Å². The minimum Gasteiger partial charge on any atom is -0.495 e. The van der Waals surface area contributed by atoms with Crippen LogP contribution in [0.2, 0.25) is 0 Å². The minimum absolute atomic E-state index is 0.199. The first kappa shape index (κ1) is 15.7. The fourth-order valence-corrected chi connectivity index (χ4v) is 2.44. The molecule has 0 aromatic heterocycles. The number of anilines is 1. The Morgan fingerprint density at radius 2 is 2.00 bits per heavy atom. The lowest BCUT2D eigenvalue weighted by Crippen LogP contribution is -2.14. The van der Waals surface area contributed by atoms with Gasteiger partial charge in [0.1, 0.15) is 10.7 Å². The van der Waals surface area contributed by atoms with Gasteiger partial charge in [-0.1, -0.05) is 18.3 Å². The van der Waals surface area contributed by atoms with E-state index in [9.17, 15) is 4.79 Å². The number of methoxy groups -OCH3 is 1. The third-order valence-electron chi connectivity index (χ3n) is 2.82. The molecule has 21 heavy (non-hydrogen) atoms. The van der Waals surface area contributed by atoms with Crippen LogP contribution >= 0.6 is 34.8 Å². The van der Waals surface area contributed by atoms with Crippen molar-refractivity contribution >= 4 is 51.4 Å². The smallest absolute Gasteiger partial charge is 0.255 e. The van der Waals surface area contributed by atoms with E-state index in [-0.39, 0.29) is 10.9 Å². The van der Waals surface area contributed by atoms with Gasteiger partial charge in [0, 0.05) is 14.7 Å². The molecule has 0 atom stereocenters. The summed E-state index contributed by atoms with van der Waals surface area (Å²) in [5.74, 6) is 0.314. The van der Waals surface area contributed by atoms with E-state index in [2.05, 4.69) is 27.9 Å². The number of halogens is 1. The van der Waals surface area contributed by atoms with Gasteiger partial charge < -0.3 is 15.8 Å². The van der Waals surface area contributed by atoms with Gasteiger partial charge in [-0.05, 0) is 59.0 Å². The molecule has 0 saturated carbocycles. The van der Waals surface area contributed by atoms with E-state index < -0.39 is 0 Å². The Bertz CT molecular complexity index is 704. The number of ether oxygens (including phenoxy) is 1. The summed E-state index contributed by atoms with van der Waals surface area (Å²) in [6.45, 7) is 0. The molecule has 3 N–H and O–H groups in total. The number of amides is 1. The predicted molar refractivity (Wildman–Crippen MR) is 96.0 cm³/mol. The molecule has 0 aliphatic rings. The summed E-state index contributed by atoms with van der Waals surface area (Å²) in [5.41, 5.74) is 7.43. The van der Waals surface area contributed by atoms with E-state index in [4.69, 9.17) is 22.7 Å². The van der Waals surface area contributed by atoms with Crippen LogP contribution in [0.1, 0.15) is 15.9 Å². The first-order valence-electron chi connectivity index (χ1n) is 6.06. The average molecular weight is 412 g/mol. The maximum Gasteiger partial charge on any atom is 0.255 e. The third-order valence-corrected chi connectivity index (χ3v) is 3.73. The summed E-state index contributed by atoms with van der Waals surface area (Å²) in [4.78, 5) is 12.5. The van der Waals surface area contributed by atoms with E-state index in [0.717, 1.165) is 3.57 Å². The van der Waals surface area contributed by atoms with Gasteiger partial charge in [0.15, 0.2) is 0 Å². The molecule has 0 unspecified atom stereocenters. The summed E-state index contributed by atoms with van der Waals surface area (Å²) in [5, 5.41) is 2.82. The number of benzene rings is 2. The molecule has 0 fully saturated rings. The second-order valence-electron chi connectivity index (χ2n) is 4.24. The van der Waals surface area contributed by atoms with Gasteiger partial charge in [-0.25, -0.2) is 0 Å². The summed E-state index contributed by atoms with van der Waals surface area (Å²) < 4.78 is 6.26. The van der Waals surface area contributed by atoms with Crippen LogP contribution in [-0.2, 0) is 0 Å². The molecular weight excluding hydrogens is 399 g/mol. The summed E-state index contributed by atoms with van der Waals surface area (Å²) in [6, 6.07) is 12.5. The zero-order valence-corrected chi connectivity index (χ0v) is 14.2. The van der Waals surface area contributed by atoms with Gasteiger partial charge >= 0.3 is 0 Å². The Balaban J connectivity index is 2.27. The molecular formula is C15H13IN2O2S. The van der Waals surface area contributed by atoms with E-state index in [1.807, 2.05) is 18.2 Å². The van der Waals surface area contributed by atoms with Crippen LogP contribution in [0.5, 0.6) is 5.75 Å². The number of carbonyl (C=O) groups excluding carboxylic acids is 1. The first-order chi connectivity index (χ1) is 10.0. The second kappa shape index (κ2) is 6.86. The molecule has 0 aliphatic heterocycles. The normalized spacial score (nSPS) is 10.0. The van der Waals surface area contributed by atoms with Crippen LogP contribution in [0, 0.1) is 3.57 Å². The monoisotopic (exact) mass is 412 g/mol. The Labute approximate surface area is 141 Å². The van der Waals surface area contributed by atoms with Crippen molar-refractivity contribution in [2.75, 3.05) is 12.4 Å². The highest BCUT2D eigenvalue weighted by Crippen LogP contribution is 2.26. The molecule has 0 heterocycles. The Morgan fingerprint density at radius 3 is 2.62 bits per heavy atom. The lowest BCUT2D eigenvalue weighted by molar-refractivity contribution is 0.102. The van der Waals surface area contributed by atoms with Gasteiger partial charge in [0.25, 0.3) is 5.91 Å². The van der Waals surface area contributed by atoms with Crippen LogP contribution in [0.4, 0.5) is 5.69 Å². The maximum absolute atomic E-state index is 12.2. The van der Waals surface area contributed by atoms with Crippen molar-refractivity contribution in [2.45, 2.75) is 0 Å². The number of hydrogen-bond acceptors (Lipinski definition) is 3. The van der Waals surface area contributed by atoms with E-state index in [0.29, 0.717) is 22.6 Å². The van der Waals surface area contributed by atoms with Crippen LogP contribution in [0.25, 0.3) is 0 Å². The number of nitrogens with two attached hydrogens (primary N) is 1. The molecule has 6 heteroatoms. The van der Waals surface area contributed by atoms with E-state index in [1.54, 1.807) is 24.3 Å². The van der Waals surface area contributed by atoms with E-state index in [1.165, 1.54) is 7.11 Å². The lowest BCUT2D eigenvalue weighted by atomic mass is 10.1. The zero-order chi connectivity index (χ0) is 15.4. The highest BCUT2D eigenvalue weighted by atomic mass is 127. The quantitative estimate of drug-likeness (QED) is 0.598. The Hall–Kier alpha value is -1.67. The molecule has 4 nitrogen and oxygen atoms in total. The van der Waals surface area contributed by atoms with Crippen LogP contribution < -0.4 is 15.8 Å². The zero-order valence-electron chi connectivity index (χ0n) is 11.2. The summed E-state index contributed by atoms with van der Waals surface area (Å²) in [6.07, 6.45) is 0. The van der Waals surface area contributed by atoms with Crippen molar-refractivity contribution in [1.29, 1.82) is 0 Å². The van der Waals surface area contributed by atoms with Crippen molar-refractivity contribution in [3.8, 4) is 5.75 Å². The SMILES string of the molecule is COc1cc(C(N)=S)ccc1NC(=O)c1cccc(I)c1. The number of thiocarbonyl (C=S) groups is 1. The first-order valence-corrected chi connectivity index (χ1v) is 7.54. The molecule has 108 valence electrons. The van der Waals surface area contributed by atoms with Crippen molar-refractivity contribution in [3.63, 3.8) is 0 Å². The average Bonchev–Trinajstić information content (AvgIpc) is 2.47. The van der Waals surface area contributed by atoms with Gasteiger partial charge in [-0.3, -0.25) is 4.79 Å². The van der Waals surface area contributed by atoms with E-state index >= 15 is 0 Å². The molecule has 0 saturated heterocycles. The Kier molecular flexibility index (Phi) is 5.13. The van der Waals surface area contributed by atoms with Crippen molar-refractivity contribution in [1.82, 2.24) is 0 Å². The molecule has 2 rings (SSSR count). The predicted octanol–water partition coefficient (Wildman–Crippen LogP) is 3.19. The molecule has 2 aromatic rings. The number of hydrogen-bond donors (Lipinski definition) is 2. The maximum atomic E-state index is 12.2. The van der Waals surface area contributed by atoms with Crippen molar-refractivity contribution < 1.29 is 9.53 Å². The van der Waals surface area contributed by atoms with Gasteiger partial charge in [-0.2, -0.15) is 0 Å². The van der Waals surface area contributed by atoms with Crippen molar-refractivity contribution in [3.05, 3.63) is 57.2 Å².